The van der Waals surface area contributed by atoms with E-state index in [2.05, 4.69) is 5.32 Å². The van der Waals surface area contributed by atoms with Gasteiger partial charge in [-0.15, -0.1) is 0 Å². The van der Waals surface area contributed by atoms with Gasteiger partial charge in [0, 0.05) is 17.9 Å². The van der Waals surface area contributed by atoms with Crippen LogP contribution in [0.1, 0.15) is 21.5 Å². The number of hydrogen-bond acceptors (Lipinski definition) is 3. The second-order valence-corrected chi connectivity index (χ2v) is 5.21. The Morgan fingerprint density at radius 1 is 1.24 bits per heavy atom. The van der Waals surface area contributed by atoms with Crippen LogP contribution in [0.3, 0.4) is 0 Å². The Balaban J connectivity index is 1.80. The highest BCUT2D eigenvalue weighted by atomic mass is 16.5. The summed E-state index contributed by atoms with van der Waals surface area (Å²) < 4.78 is 5.20. The number of amides is 1. The fourth-order valence-corrected chi connectivity index (χ4v) is 2.41. The van der Waals surface area contributed by atoms with E-state index < -0.39 is 7.12 Å². The topological polar surface area (TPSA) is 58.6 Å². The van der Waals surface area contributed by atoms with Gasteiger partial charge in [-0.25, -0.2) is 0 Å². The maximum absolute atomic E-state index is 12.2. The van der Waals surface area contributed by atoms with E-state index in [1.807, 2.05) is 31.2 Å². The molecule has 106 valence electrons. The quantitative estimate of drug-likeness (QED) is 0.820. The van der Waals surface area contributed by atoms with E-state index in [9.17, 15) is 9.82 Å². The number of nitrogens with one attached hydrogen (secondary N) is 1. The molecule has 1 aliphatic heterocycles. The van der Waals surface area contributed by atoms with Gasteiger partial charge in [0.15, 0.2) is 0 Å². The minimum absolute atomic E-state index is 0.166. The largest absolute Gasteiger partial charge is 0.491 e. The molecule has 1 aliphatic rings. The number of benzene rings is 2. The zero-order valence-corrected chi connectivity index (χ0v) is 11.8. The highest BCUT2D eigenvalue weighted by Gasteiger charge is 2.25. The van der Waals surface area contributed by atoms with Gasteiger partial charge in [-0.1, -0.05) is 23.8 Å². The summed E-state index contributed by atoms with van der Waals surface area (Å²) in [5.74, 6) is -0.166. The van der Waals surface area contributed by atoms with Gasteiger partial charge in [0.2, 0.25) is 0 Å². The van der Waals surface area contributed by atoms with Gasteiger partial charge in [-0.3, -0.25) is 4.79 Å². The minimum Gasteiger partial charge on any atom is -0.423 e. The molecule has 5 heteroatoms. The summed E-state index contributed by atoms with van der Waals surface area (Å²) in [6, 6.07) is 12.9. The van der Waals surface area contributed by atoms with Crippen LogP contribution in [0.25, 0.3) is 0 Å². The van der Waals surface area contributed by atoms with Gasteiger partial charge in [0.25, 0.3) is 5.91 Å². The lowest BCUT2D eigenvalue weighted by Crippen LogP contribution is -2.41. The zero-order chi connectivity index (χ0) is 14.8. The molecule has 1 amide bonds. The molecule has 0 radical (unpaired) electrons. The van der Waals surface area contributed by atoms with E-state index in [0.29, 0.717) is 17.9 Å². The molecule has 0 aromatic heterocycles. The highest BCUT2D eigenvalue weighted by Crippen LogP contribution is 2.14. The number of carbonyl (C=O) groups excluding carboxylic acids is 1. The van der Waals surface area contributed by atoms with Crippen LogP contribution in [0.2, 0.25) is 0 Å². The molecule has 0 fully saturated rings. The van der Waals surface area contributed by atoms with Gasteiger partial charge in [-0.2, -0.15) is 0 Å². The molecule has 1 heterocycles. The Kier molecular flexibility index (Phi) is 3.77. The molecule has 0 spiro atoms. The number of aryl methyl sites for hydroxylation is 1. The SMILES string of the molecule is Cc1ccc(C(=O)Nc2ccc3c(c2)B(O)OCC3)cc1. The third kappa shape index (κ3) is 2.99. The van der Waals surface area contributed by atoms with Gasteiger partial charge >= 0.3 is 7.12 Å². The third-order valence-electron chi connectivity index (χ3n) is 3.63. The van der Waals surface area contributed by atoms with Gasteiger partial charge in [-0.05, 0) is 48.6 Å². The molecule has 0 unspecified atom stereocenters. The molecular weight excluding hydrogens is 265 g/mol. The summed E-state index contributed by atoms with van der Waals surface area (Å²) in [5.41, 5.74) is 4.16. The van der Waals surface area contributed by atoms with Crippen molar-refractivity contribution in [1.82, 2.24) is 0 Å². The maximum Gasteiger partial charge on any atom is 0.491 e. The first-order valence-electron chi connectivity index (χ1n) is 6.94. The zero-order valence-electron chi connectivity index (χ0n) is 11.8. The molecule has 3 rings (SSSR count). The smallest absolute Gasteiger partial charge is 0.423 e. The van der Waals surface area contributed by atoms with E-state index in [1.165, 1.54) is 0 Å². The maximum atomic E-state index is 12.2. The van der Waals surface area contributed by atoms with Crippen molar-refractivity contribution in [2.45, 2.75) is 13.3 Å². The van der Waals surface area contributed by atoms with Crippen molar-refractivity contribution in [1.29, 1.82) is 0 Å². The van der Waals surface area contributed by atoms with E-state index in [1.54, 1.807) is 18.2 Å². The molecule has 4 nitrogen and oxygen atoms in total. The van der Waals surface area contributed by atoms with Crippen LogP contribution in [0.5, 0.6) is 0 Å². The van der Waals surface area contributed by atoms with Gasteiger partial charge < -0.3 is 15.0 Å². The Hall–Kier alpha value is -2.11. The number of hydrogen-bond donors (Lipinski definition) is 2. The third-order valence-corrected chi connectivity index (χ3v) is 3.63. The molecule has 0 saturated carbocycles. The first-order valence-corrected chi connectivity index (χ1v) is 6.94. The van der Waals surface area contributed by atoms with Crippen molar-refractivity contribution < 1.29 is 14.5 Å². The van der Waals surface area contributed by atoms with E-state index in [0.717, 1.165) is 23.0 Å². The normalized spacial score (nSPS) is 13.7. The van der Waals surface area contributed by atoms with Crippen molar-refractivity contribution in [2.24, 2.45) is 0 Å². The Morgan fingerprint density at radius 3 is 2.76 bits per heavy atom. The molecule has 0 saturated heterocycles. The Bertz CT molecular complexity index is 670. The van der Waals surface area contributed by atoms with Crippen molar-refractivity contribution in [3.05, 3.63) is 59.2 Å². The van der Waals surface area contributed by atoms with Crippen molar-refractivity contribution in [3.63, 3.8) is 0 Å². The standard InChI is InChI=1S/C16H16BNO3/c1-11-2-4-13(5-3-11)16(19)18-14-7-6-12-8-9-21-17(20)15(12)10-14/h2-7,10,20H,8-9H2,1H3,(H,18,19). The first kappa shape index (κ1) is 13.9. The van der Waals surface area contributed by atoms with Crippen LogP contribution < -0.4 is 10.8 Å². The second kappa shape index (κ2) is 5.72. The fraction of sp³-hybridized carbons (Fsp3) is 0.188. The van der Waals surface area contributed by atoms with Crippen molar-refractivity contribution in [3.8, 4) is 0 Å². The molecule has 2 aromatic carbocycles. The predicted octanol–water partition coefficient (Wildman–Crippen LogP) is 1.51. The second-order valence-electron chi connectivity index (χ2n) is 5.21. The summed E-state index contributed by atoms with van der Waals surface area (Å²) in [6.45, 7) is 2.50. The van der Waals surface area contributed by atoms with E-state index in [-0.39, 0.29) is 5.91 Å². The molecular formula is C16H16BNO3. The molecule has 0 atom stereocenters. The summed E-state index contributed by atoms with van der Waals surface area (Å²) in [4.78, 5) is 12.2. The minimum atomic E-state index is -0.912. The molecule has 21 heavy (non-hydrogen) atoms. The van der Waals surface area contributed by atoms with Gasteiger partial charge in [0.05, 0.1) is 0 Å². The monoisotopic (exact) mass is 281 g/mol. The van der Waals surface area contributed by atoms with Crippen molar-refractivity contribution in [2.75, 3.05) is 11.9 Å². The van der Waals surface area contributed by atoms with E-state index >= 15 is 0 Å². The molecule has 0 bridgehead atoms. The van der Waals surface area contributed by atoms with Gasteiger partial charge in [0.1, 0.15) is 0 Å². The van der Waals surface area contributed by atoms with Crippen LogP contribution in [0, 0.1) is 6.92 Å². The Morgan fingerprint density at radius 2 is 2.00 bits per heavy atom. The lowest BCUT2D eigenvalue weighted by Gasteiger charge is -2.19. The van der Waals surface area contributed by atoms with Crippen LogP contribution in [0.15, 0.2) is 42.5 Å². The molecule has 0 aliphatic carbocycles. The van der Waals surface area contributed by atoms with Crippen molar-refractivity contribution >= 4 is 24.2 Å². The summed E-state index contributed by atoms with van der Waals surface area (Å²) in [6.07, 6.45) is 0.776. The summed E-state index contributed by atoms with van der Waals surface area (Å²) >= 11 is 0. The average Bonchev–Trinajstić information content (AvgIpc) is 2.49. The number of rotatable bonds is 2. The molecule has 2 N–H and O–H groups in total. The Labute approximate surface area is 123 Å². The van der Waals surface area contributed by atoms with Crippen LogP contribution in [-0.2, 0) is 11.1 Å². The molecule has 2 aromatic rings. The summed E-state index contributed by atoms with van der Waals surface area (Å²) in [5, 5.41) is 12.7. The lowest BCUT2D eigenvalue weighted by atomic mass is 9.73. The van der Waals surface area contributed by atoms with Crippen LogP contribution in [-0.4, -0.2) is 24.7 Å². The van der Waals surface area contributed by atoms with E-state index in [4.69, 9.17) is 4.65 Å². The first-order chi connectivity index (χ1) is 10.1. The number of fused-ring (bicyclic) bond motifs is 1. The number of carbonyl (C=O) groups is 1. The summed E-state index contributed by atoms with van der Waals surface area (Å²) in [7, 11) is -0.912. The predicted molar refractivity (Wildman–Crippen MR) is 82.8 cm³/mol. The van der Waals surface area contributed by atoms with Crippen LogP contribution >= 0.6 is 0 Å². The fourth-order valence-electron chi connectivity index (χ4n) is 2.41. The highest BCUT2D eigenvalue weighted by molar-refractivity contribution is 6.61. The number of anilines is 1. The lowest BCUT2D eigenvalue weighted by molar-refractivity contribution is 0.102. The van der Waals surface area contributed by atoms with Crippen LogP contribution in [0.4, 0.5) is 5.69 Å². The average molecular weight is 281 g/mol.